The molecule has 0 atom stereocenters. The molecule has 0 aliphatic carbocycles. The maximum Gasteiger partial charge on any atom is 0.104 e. The predicted molar refractivity (Wildman–Crippen MR) is 82.8 cm³/mol. The summed E-state index contributed by atoms with van der Waals surface area (Å²) in [5, 5.41) is 9.40. The lowest BCUT2D eigenvalue weighted by Gasteiger charge is -2.10. The summed E-state index contributed by atoms with van der Waals surface area (Å²) < 4.78 is 1.89. The van der Waals surface area contributed by atoms with Gasteiger partial charge in [0.15, 0.2) is 0 Å². The molecule has 0 saturated heterocycles. The minimum absolute atomic E-state index is 0.345. The van der Waals surface area contributed by atoms with Crippen molar-refractivity contribution in [2.45, 2.75) is 33.4 Å². The Kier molecular flexibility index (Phi) is 5.02. The Balaban J connectivity index is 2.41. The van der Waals surface area contributed by atoms with Gasteiger partial charge in [-0.3, -0.25) is 0 Å². The van der Waals surface area contributed by atoms with Crippen LogP contribution < -0.4 is 5.73 Å². The van der Waals surface area contributed by atoms with Gasteiger partial charge in [0.05, 0.1) is 15.7 Å². The number of aryl methyl sites for hydroxylation is 1. The molecular formula is C14H18Cl2N4. The van der Waals surface area contributed by atoms with Gasteiger partial charge in [-0.05, 0) is 24.5 Å². The molecule has 0 fully saturated rings. The third kappa shape index (κ3) is 3.32. The Hall–Kier alpha value is -1.10. The second kappa shape index (κ2) is 6.57. The highest BCUT2D eigenvalue weighted by Gasteiger charge is 2.15. The van der Waals surface area contributed by atoms with Gasteiger partial charge < -0.3 is 5.73 Å². The normalized spacial score (nSPS) is 11.3. The average Bonchev–Trinajstić information content (AvgIpc) is 2.82. The van der Waals surface area contributed by atoms with Crippen molar-refractivity contribution in [1.29, 1.82) is 0 Å². The molecule has 0 aliphatic heterocycles. The van der Waals surface area contributed by atoms with Gasteiger partial charge in [0.2, 0.25) is 0 Å². The third-order valence-corrected chi connectivity index (χ3v) is 3.85. The van der Waals surface area contributed by atoms with Crippen LogP contribution in [0.4, 0.5) is 0 Å². The van der Waals surface area contributed by atoms with Crippen molar-refractivity contribution >= 4 is 23.2 Å². The smallest absolute Gasteiger partial charge is 0.104 e. The molecule has 0 saturated carbocycles. The van der Waals surface area contributed by atoms with Gasteiger partial charge in [0, 0.05) is 18.7 Å². The van der Waals surface area contributed by atoms with Crippen molar-refractivity contribution in [2.24, 2.45) is 11.7 Å². The molecule has 0 radical (unpaired) electrons. The number of hydrogen-bond donors (Lipinski definition) is 1. The maximum atomic E-state index is 6.09. The molecule has 108 valence electrons. The average molecular weight is 313 g/mol. The van der Waals surface area contributed by atoms with Crippen molar-refractivity contribution in [3.05, 3.63) is 33.9 Å². The van der Waals surface area contributed by atoms with Crippen molar-refractivity contribution < 1.29 is 0 Å². The molecule has 0 unspecified atom stereocenters. The van der Waals surface area contributed by atoms with Crippen LogP contribution >= 0.6 is 23.2 Å². The molecule has 0 amide bonds. The van der Waals surface area contributed by atoms with Gasteiger partial charge in [-0.1, -0.05) is 48.3 Å². The number of halogens is 2. The molecule has 1 heterocycles. The van der Waals surface area contributed by atoms with Crippen LogP contribution in [0.15, 0.2) is 18.2 Å². The lowest BCUT2D eigenvalue weighted by molar-refractivity contribution is 0.481. The summed E-state index contributed by atoms with van der Waals surface area (Å²) >= 11 is 12.1. The number of rotatable bonds is 5. The van der Waals surface area contributed by atoms with Crippen LogP contribution in [0.1, 0.15) is 26.0 Å². The quantitative estimate of drug-likeness (QED) is 0.914. The summed E-state index contributed by atoms with van der Waals surface area (Å²) in [7, 11) is 0. The zero-order valence-corrected chi connectivity index (χ0v) is 13.1. The van der Waals surface area contributed by atoms with E-state index in [0.717, 1.165) is 29.9 Å². The largest absolute Gasteiger partial charge is 0.325 e. The summed E-state index contributed by atoms with van der Waals surface area (Å²) in [5.41, 5.74) is 8.38. The zero-order chi connectivity index (χ0) is 14.7. The first-order valence-corrected chi connectivity index (χ1v) is 7.36. The Bertz CT molecular complexity index is 593. The minimum Gasteiger partial charge on any atom is -0.325 e. The first kappa shape index (κ1) is 15.3. The standard InChI is InChI=1S/C14H18Cl2N4/c1-9(2)5-6-20-14(13(8-17)18-19-20)10-3-4-11(15)12(16)7-10/h3-4,7,9H,5-6,8,17H2,1-2H3. The first-order chi connectivity index (χ1) is 9.52. The molecule has 2 N–H and O–H groups in total. The summed E-state index contributed by atoms with van der Waals surface area (Å²) in [6.45, 7) is 5.51. The van der Waals surface area contributed by atoms with Crippen molar-refractivity contribution in [1.82, 2.24) is 15.0 Å². The SMILES string of the molecule is CC(C)CCn1nnc(CN)c1-c1ccc(Cl)c(Cl)c1. The monoisotopic (exact) mass is 312 g/mol. The number of nitrogens with two attached hydrogens (primary N) is 1. The molecule has 4 nitrogen and oxygen atoms in total. The van der Waals surface area contributed by atoms with Crippen LogP contribution in [0.5, 0.6) is 0 Å². The molecule has 1 aromatic heterocycles. The van der Waals surface area contributed by atoms with E-state index < -0.39 is 0 Å². The maximum absolute atomic E-state index is 6.09. The lowest BCUT2D eigenvalue weighted by atomic mass is 10.1. The highest BCUT2D eigenvalue weighted by Crippen LogP contribution is 2.30. The van der Waals surface area contributed by atoms with E-state index in [1.165, 1.54) is 0 Å². The van der Waals surface area contributed by atoms with Crippen LogP contribution in [0, 0.1) is 5.92 Å². The fourth-order valence-corrected chi connectivity index (χ4v) is 2.28. The van der Waals surface area contributed by atoms with Crippen molar-refractivity contribution in [2.75, 3.05) is 0 Å². The molecule has 0 spiro atoms. The zero-order valence-electron chi connectivity index (χ0n) is 11.6. The van der Waals surface area contributed by atoms with Crippen LogP contribution in [-0.2, 0) is 13.1 Å². The van der Waals surface area contributed by atoms with E-state index in [9.17, 15) is 0 Å². The molecule has 1 aromatic carbocycles. The van der Waals surface area contributed by atoms with Crippen molar-refractivity contribution in [3.8, 4) is 11.3 Å². The van der Waals surface area contributed by atoms with Gasteiger partial charge in [-0.25, -0.2) is 4.68 Å². The van der Waals surface area contributed by atoms with Gasteiger partial charge in [0.1, 0.15) is 5.69 Å². The molecule has 2 aromatic rings. The molecule has 20 heavy (non-hydrogen) atoms. The van der Waals surface area contributed by atoms with E-state index >= 15 is 0 Å². The Morgan fingerprint density at radius 2 is 2.00 bits per heavy atom. The highest BCUT2D eigenvalue weighted by atomic mass is 35.5. The predicted octanol–water partition coefficient (Wildman–Crippen LogP) is 3.76. The second-order valence-electron chi connectivity index (χ2n) is 5.12. The van der Waals surface area contributed by atoms with E-state index in [-0.39, 0.29) is 0 Å². The molecule has 2 rings (SSSR count). The Morgan fingerprint density at radius 1 is 1.25 bits per heavy atom. The van der Waals surface area contributed by atoms with E-state index in [4.69, 9.17) is 28.9 Å². The first-order valence-electron chi connectivity index (χ1n) is 6.60. The number of benzene rings is 1. The van der Waals surface area contributed by atoms with E-state index in [0.29, 0.717) is 22.5 Å². The van der Waals surface area contributed by atoms with E-state index in [1.54, 1.807) is 6.07 Å². The lowest BCUT2D eigenvalue weighted by Crippen LogP contribution is -2.06. The van der Waals surface area contributed by atoms with Crippen LogP contribution in [0.25, 0.3) is 11.3 Å². The minimum atomic E-state index is 0.345. The van der Waals surface area contributed by atoms with E-state index in [2.05, 4.69) is 24.2 Å². The molecule has 0 bridgehead atoms. The summed E-state index contributed by atoms with van der Waals surface area (Å²) in [6.07, 6.45) is 1.03. The van der Waals surface area contributed by atoms with Crippen LogP contribution in [-0.4, -0.2) is 15.0 Å². The van der Waals surface area contributed by atoms with Crippen LogP contribution in [0.3, 0.4) is 0 Å². The number of hydrogen-bond acceptors (Lipinski definition) is 3. The Morgan fingerprint density at radius 3 is 2.60 bits per heavy atom. The summed E-state index contributed by atoms with van der Waals surface area (Å²) in [6, 6.07) is 5.52. The Labute approximate surface area is 128 Å². The summed E-state index contributed by atoms with van der Waals surface area (Å²) in [4.78, 5) is 0. The number of nitrogens with zero attached hydrogens (tertiary/aromatic N) is 3. The second-order valence-corrected chi connectivity index (χ2v) is 5.94. The highest BCUT2D eigenvalue weighted by molar-refractivity contribution is 6.42. The van der Waals surface area contributed by atoms with Crippen LogP contribution in [0.2, 0.25) is 10.0 Å². The fraction of sp³-hybridized carbons (Fsp3) is 0.429. The van der Waals surface area contributed by atoms with Gasteiger partial charge in [0.25, 0.3) is 0 Å². The van der Waals surface area contributed by atoms with E-state index in [1.807, 2.05) is 16.8 Å². The van der Waals surface area contributed by atoms with Gasteiger partial charge in [-0.2, -0.15) is 0 Å². The number of aromatic nitrogens is 3. The topological polar surface area (TPSA) is 56.7 Å². The van der Waals surface area contributed by atoms with Gasteiger partial charge in [-0.15, -0.1) is 5.10 Å². The van der Waals surface area contributed by atoms with Gasteiger partial charge >= 0.3 is 0 Å². The molecule has 6 heteroatoms. The molecular weight excluding hydrogens is 295 g/mol. The fourth-order valence-electron chi connectivity index (χ4n) is 1.98. The molecule has 0 aliphatic rings. The van der Waals surface area contributed by atoms with Crippen molar-refractivity contribution in [3.63, 3.8) is 0 Å². The third-order valence-electron chi connectivity index (χ3n) is 3.11. The summed E-state index contributed by atoms with van der Waals surface area (Å²) in [5.74, 6) is 0.599.